The molecule has 3 aromatic carbocycles. The fraction of sp³-hybridized carbons (Fsp3) is 0.0476. The van der Waals surface area contributed by atoms with Gasteiger partial charge in [0.15, 0.2) is 0 Å². The zero-order chi connectivity index (χ0) is 17.6. The van der Waals surface area contributed by atoms with Gasteiger partial charge in [0.25, 0.3) is 5.91 Å². The summed E-state index contributed by atoms with van der Waals surface area (Å²) in [6, 6.07) is 23.8. The zero-order valence-corrected chi connectivity index (χ0v) is 13.7. The summed E-state index contributed by atoms with van der Waals surface area (Å²) in [5, 5.41) is 4.06. The number of carbonyl (C=O) groups is 1. The molecule has 1 amide bonds. The van der Waals surface area contributed by atoms with Gasteiger partial charge in [0.1, 0.15) is 5.82 Å². The average molecular weight is 332 g/mol. The number of benzene rings is 3. The van der Waals surface area contributed by atoms with Gasteiger partial charge >= 0.3 is 0 Å². The van der Waals surface area contributed by atoms with E-state index in [1.807, 2.05) is 54.6 Å². The monoisotopic (exact) mass is 332 g/mol. The number of amides is 1. The maximum atomic E-state index is 13.6. The number of hydrogen-bond donors (Lipinski definition) is 1. The van der Waals surface area contributed by atoms with Gasteiger partial charge in [-0.2, -0.15) is 5.10 Å². The molecule has 0 unspecified atom stereocenters. The molecular formula is C21H17FN2O. The standard InChI is InChI=1S/C21H17FN2O/c1-15(23-24-21(25)19-9-5-6-10-20(19)22)16-11-13-18(14-12-16)17-7-3-2-4-8-17/h2-14H,1H3,(H,24,25). The Morgan fingerprint density at radius 3 is 2.12 bits per heavy atom. The summed E-state index contributed by atoms with van der Waals surface area (Å²) >= 11 is 0. The largest absolute Gasteiger partial charge is 0.274 e. The minimum Gasteiger partial charge on any atom is -0.267 e. The fourth-order valence-electron chi connectivity index (χ4n) is 2.44. The molecule has 0 bridgehead atoms. The van der Waals surface area contributed by atoms with Crippen LogP contribution in [0.15, 0.2) is 84.0 Å². The van der Waals surface area contributed by atoms with Crippen LogP contribution in [0.1, 0.15) is 22.8 Å². The van der Waals surface area contributed by atoms with Crippen LogP contribution in [0.2, 0.25) is 0 Å². The number of halogens is 1. The van der Waals surface area contributed by atoms with Crippen LogP contribution in [0.4, 0.5) is 4.39 Å². The summed E-state index contributed by atoms with van der Waals surface area (Å²) in [5.74, 6) is -1.14. The highest BCUT2D eigenvalue weighted by molar-refractivity contribution is 6.01. The molecule has 0 saturated carbocycles. The van der Waals surface area contributed by atoms with Crippen LogP contribution in [-0.2, 0) is 0 Å². The van der Waals surface area contributed by atoms with Crippen LogP contribution in [0.25, 0.3) is 11.1 Å². The SMILES string of the molecule is CC(=NNC(=O)c1ccccc1F)c1ccc(-c2ccccc2)cc1. The van der Waals surface area contributed by atoms with Crippen molar-refractivity contribution in [2.24, 2.45) is 5.10 Å². The first-order valence-electron chi connectivity index (χ1n) is 7.90. The lowest BCUT2D eigenvalue weighted by atomic mass is 10.0. The first-order chi connectivity index (χ1) is 12.1. The lowest BCUT2D eigenvalue weighted by molar-refractivity contribution is 0.0951. The van der Waals surface area contributed by atoms with E-state index in [-0.39, 0.29) is 5.56 Å². The third-order valence-corrected chi connectivity index (χ3v) is 3.85. The van der Waals surface area contributed by atoms with Crippen LogP contribution < -0.4 is 5.43 Å². The van der Waals surface area contributed by atoms with Crippen molar-refractivity contribution in [3.05, 3.63) is 95.8 Å². The quantitative estimate of drug-likeness (QED) is 0.548. The van der Waals surface area contributed by atoms with E-state index in [1.54, 1.807) is 13.0 Å². The molecule has 0 saturated heterocycles. The summed E-state index contributed by atoms with van der Waals surface area (Å²) < 4.78 is 13.6. The van der Waals surface area contributed by atoms with Crippen molar-refractivity contribution < 1.29 is 9.18 Å². The highest BCUT2D eigenvalue weighted by Gasteiger charge is 2.10. The lowest BCUT2D eigenvalue weighted by Crippen LogP contribution is -2.20. The molecule has 0 aliphatic rings. The first kappa shape index (κ1) is 16.6. The molecular weight excluding hydrogens is 315 g/mol. The van der Waals surface area contributed by atoms with E-state index in [0.29, 0.717) is 5.71 Å². The van der Waals surface area contributed by atoms with Crippen LogP contribution >= 0.6 is 0 Å². The molecule has 0 aliphatic heterocycles. The number of carbonyl (C=O) groups excluding carboxylic acids is 1. The van der Waals surface area contributed by atoms with E-state index in [9.17, 15) is 9.18 Å². The predicted octanol–water partition coefficient (Wildman–Crippen LogP) is 4.65. The van der Waals surface area contributed by atoms with Crippen LogP contribution in [0.5, 0.6) is 0 Å². The second kappa shape index (κ2) is 7.53. The van der Waals surface area contributed by atoms with Gasteiger partial charge in [0, 0.05) is 0 Å². The van der Waals surface area contributed by atoms with Crippen LogP contribution in [-0.4, -0.2) is 11.6 Å². The van der Waals surface area contributed by atoms with E-state index in [1.165, 1.54) is 18.2 Å². The fourth-order valence-corrected chi connectivity index (χ4v) is 2.44. The normalized spacial score (nSPS) is 11.2. The number of hydrazone groups is 1. The maximum Gasteiger partial charge on any atom is 0.274 e. The van der Waals surface area contributed by atoms with Crippen LogP contribution in [0.3, 0.4) is 0 Å². The number of nitrogens with one attached hydrogen (secondary N) is 1. The molecule has 0 heterocycles. The Kier molecular flexibility index (Phi) is 5.00. The van der Waals surface area contributed by atoms with Crippen molar-refractivity contribution in [1.29, 1.82) is 0 Å². The summed E-state index contributed by atoms with van der Waals surface area (Å²) in [6.07, 6.45) is 0. The molecule has 3 rings (SSSR count). The summed E-state index contributed by atoms with van der Waals surface area (Å²) in [5.41, 5.74) is 6.13. The molecule has 3 aromatic rings. The predicted molar refractivity (Wildman–Crippen MR) is 98.0 cm³/mol. The number of nitrogens with zero attached hydrogens (tertiary/aromatic N) is 1. The Bertz CT molecular complexity index is 903. The molecule has 3 nitrogen and oxygen atoms in total. The Morgan fingerprint density at radius 2 is 1.44 bits per heavy atom. The lowest BCUT2D eigenvalue weighted by Gasteiger charge is -2.06. The van der Waals surface area contributed by atoms with Crippen molar-refractivity contribution in [1.82, 2.24) is 5.43 Å². The molecule has 0 spiro atoms. The molecule has 0 aliphatic carbocycles. The summed E-state index contributed by atoms with van der Waals surface area (Å²) in [4.78, 5) is 12.0. The number of hydrogen-bond acceptors (Lipinski definition) is 2. The Hall–Kier alpha value is -3.27. The van der Waals surface area contributed by atoms with E-state index in [4.69, 9.17) is 0 Å². The highest BCUT2D eigenvalue weighted by atomic mass is 19.1. The van der Waals surface area contributed by atoms with Crippen molar-refractivity contribution in [3.63, 3.8) is 0 Å². The van der Waals surface area contributed by atoms with Gasteiger partial charge in [-0.15, -0.1) is 0 Å². The summed E-state index contributed by atoms with van der Waals surface area (Å²) in [6.45, 7) is 1.79. The topological polar surface area (TPSA) is 41.5 Å². The van der Waals surface area contributed by atoms with Crippen molar-refractivity contribution in [2.75, 3.05) is 0 Å². The molecule has 0 radical (unpaired) electrons. The van der Waals surface area contributed by atoms with Gasteiger partial charge in [-0.3, -0.25) is 4.79 Å². The molecule has 25 heavy (non-hydrogen) atoms. The smallest absolute Gasteiger partial charge is 0.267 e. The third-order valence-electron chi connectivity index (χ3n) is 3.85. The van der Waals surface area contributed by atoms with E-state index in [0.717, 1.165) is 16.7 Å². The molecule has 124 valence electrons. The maximum absolute atomic E-state index is 13.6. The first-order valence-corrected chi connectivity index (χ1v) is 7.90. The second-order valence-electron chi connectivity index (χ2n) is 5.56. The Morgan fingerprint density at radius 1 is 0.840 bits per heavy atom. The summed E-state index contributed by atoms with van der Waals surface area (Å²) in [7, 11) is 0. The van der Waals surface area contributed by atoms with Crippen molar-refractivity contribution >= 4 is 11.6 Å². The second-order valence-corrected chi connectivity index (χ2v) is 5.56. The van der Waals surface area contributed by atoms with Gasteiger partial charge in [0.2, 0.25) is 0 Å². The van der Waals surface area contributed by atoms with Crippen molar-refractivity contribution in [3.8, 4) is 11.1 Å². The average Bonchev–Trinajstić information content (AvgIpc) is 2.67. The Balaban J connectivity index is 1.72. The minimum absolute atomic E-state index is 0.0292. The van der Waals surface area contributed by atoms with Crippen molar-refractivity contribution in [2.45, 2.75) is 6.92 Å². The van der Waals surface area contributed by atoms with Gasteiger partial charge in [-0.05, 0) is 35.7 Å². The van der Waals surface area contributed by atoms with Gasteiger partial charge in [-0.25, -0.2) is 9.82 Å². The van der Waals surface area contributed by atoms with Crippen LogP contribution in [0, 0.1) is 5.82 Å². The van der Waals surface area contributed by atoms with Gasteiger partial charge < -0.3 is 0 Å². The van der Waals surface area contributed by atoms with E-state index < -0.39 is 11.7 Å². The third kappa shape index (κ3) is 3.98. The minimum atomic E-state index is -0.571. The highest BCUT2D eigenvalue weighted by Crippen LogP contribution is 2.19. The molecule has 0 atom stereocenters. The molecule has 0 aromatic heterocycles. The van der Waals surface area contributed by atoms with Gasteiger partial charge in [0.05, 0.1) is 11.3 Å². The van der Waals surface area contributed by atoms with E-state index >= 15 is 0 Å². The molecule has 0 fully saturated rings. The zero-order valence-electron chi connectivity index (χ0n) is 13.7. The van der Waals surface area contributed by atoms with Gasteiger partial charge in [-0.1, -0.05) is 66.7 Å². The molecule has 4 heteroatoms. The van der Waals surface area contributed by atoms with E-state index in [2.05, 4.69) is 10.5 Å². The molecule has 1 N–H and O–H groups in total. The number of rotatable bonds is 4. The Labute approximate surface area is 145 Å².